The molecule has 0 saturated carbocycles. The van der Waals surface area contributed by atoms with Crippen LogP contribution in [0.25, 0.3) is 0 Å². The van der Waals surface area contributed by atoms with Crippen molar-refractivity contribution in [2.45, 2.75) is 40.2 Å². The fourth-order valence-corrected chi connectivity index (χ4v) is 1.85. The van der Waals surface area contributed by atoms with E-state index in [9.17, 15) is 4.79 Å². The minimum atomic E-state index is -0.0771. The topological polar surface area (TPSA) is 55.1 Å². The predicted octanol–water partition coefficient (Wildman–Crippen LogP) is 2.74. The van der Waals surface area contributed by atoms with Gasteiger partial charge in [0.2, 0.25) is 0 Å². The molecule has 0 aliphatic carbocycles. The molecule has 1 aromatic rings. The number of hydrogen-bond acceptors (Lipinski definition) is 2. The zero-order valence-electron chi connectivity index (χ0n) is 11.1. The number of aryl methyl sites for hydroxylation is 1. The molecule has 0 aromatic heterocycles. The van der Waals surface area contributed by atoms with E-state index in [2.05, 4.69) is 26.1 Å². The van der Waals surface area contributed by atoms with E-state index in [0.717, 1.165) is 12.0 Å². The van der Waals surface area contributed by atoms with Gasteiger partial charge in [-0.05, 0) is 31.4 Å². The van der Waals surface area contributed by atoms with Crippen molar-refractivity contribution in [3.8, 4) is 0 Å². The zero-order chi connectivity index (χ0) is 13.0. The highest BCUT2D eigenvalue weighted by molar-refractivity contribution is 5.99. The first-order valence-electron chi connectivity index (χ1n) is 6.12. The maximum atomic E-state index is 12.1. The normalized spacial score (nSPS) is 12.5. The molecule has 1 amide bonds. The molecule has 3 N–H and O–H groups in total. The number of hydrogen-bond donors (Lipinski definition) is 2. The van der Waals surface area contributed by atoms with Gasteiger partial charge in [0, 0.05) is 11.7 Å². The third-order valence-corrected chi connectivity index (χ3v) is 3.01. The average molecular weight is 234 g/mol. The molecule has 17 heavy (non-hydrogen) atoms. The first kappa shape index (κ1) is 13.6. The maximum Gasteiger partial charge on any atom is 0.253 e. The smallest absolute Gasteiger partial charge is 0.253 e. The molecule has 1 atom stereocenters. The van der Waals surface area contributed by atoms with Crippen molar-refractivity contribution in [1.82, 2.24) is 5.32 Å². The Labute approximate surface area is 103 Å². The number of anilines is 1. The Morgan fingerprint density at radius 2 is 2.06 bits per heavy atom. The Balaban J connectivity index is 2.86. The average Bonchev–Trinajstić information content (AvgIpc) is 2.28. The lowest BCUT2D eigenvalue weighted by Crippen LogP contribution is -2.38. The van der Waals surface area contributed by atoms with Gasteiger partial charge in [-0.1, -0.05) is 32.4 Å². The molecule has 0 aliphatic heterocycles. The number of nitrogen functional groups attached to an aromatic ring is 1. The summed E-state index contributed by atoms with van der Waals surface area (Å²) in [6.07, 6.45) is 0.926. The molecule has 0 aliphatic rings. The quantitative estimate of drug-likeness (QED) is 0.787. The zero-order valence-corrected chi connectivity index (χ0v) is 11.1. The largest absolute Gasteiger partial charge is 0.398 e. The van der Waals surface area contributed by atoms with E-state index in [0.29, 0.717) is 17.2 Å². The SMILES string of the molecule is CCC(NC(=O)c1cc(C)ccc1N)C(C)C. The Bertz CT molecular complexity index is 399. The Morgan fingerprint density at radius 3 is 2.59 bits per heavy atom. The van der Waals surface area contributed by atoms with E-state index in [-0.39, 0.29) is 11.9 Å². The second-order valence-corrected chi connectivity index (χ2v) is 4.82. The summed E-state index contributed by atoms with van der Waals surface area (Å²) in [5, 5.41) is 3.03. The van der Waals surface area contributed by atoms with Crippen molar-refractivity contribution in [2.75, 3.05) is 5.73 Å². The lowest BCUT2D eigenvalue weighted by molar-refractivity contribution is 0.0925. The molecule has 0 saturated heterocycles. The van der Waals surface area contributed by atoms with Crippen LogP contribution in [0.3, 0.4) is 0 Å². The molecule has 94 valence electrons. The van der Waals surface area contributed by atoms with Crippen LogP contribution in [0.1, 0.15) is 43.1 Å². The molecule has 1 unspecified atom stereocenters. The van der Waals surface area contributed by atoms with Crippen LogP contribution in [-0.4, -0.2) is 11.9 Å². The number of carbonyl (C=O) groups excluding carboxylic acids is 1. The molecule has 3 heteroatoms. The molecule has 0 heterocycles. The maximum absolute atomic E-state index is 12.1. The number of benzene rings is 1. The number of carbonyl (C=O) groups is 1. The summed E-state index contributed by atoms with van der Waals surface area (Å²) in [5.74, 6) is 0.349. The van der Waals surface area contributed by atoms with Gasteiger partial charge in [-0.15, -0.1) is 0 Å². The first-order valence-corrected chi connectivity index (χ1v) is 6.12. The molecule has 1 aromatic carbocycles. The summed E-state index contributed by atoms with van der Waals surface area (Å²) in [6.45, 7) is 8.24. The Kier molecular flexibility index (Phi) is 4.55. The van der Waals surface area contributed by atoms with Crippen molar-refractivity contribution in [1.29, 1.82) is 0 Å². The van der Waals surface area contributed by atoms with E-state index >= 15 is 0 Å². The molecule has 3 nitrogen and oxygen atoms in total. The minimum absolute atomic E-state index is 0.0771. The van der Waals surface area contributed by atoms with Gasteiger partial charge in [0.15, 0.2) is 0 Å². The summed E-state index contributed by atoms with van der Waals surface area (Å²) >= 11 is 0. The second kappa shape index (κ2) is 5.71. The monoisotopic (exact) mass is 234 g/mol. The van der Waals surface area contributed by atoms with Gasteiger partial charge in [0.1, 0.15) is 0 Å². The van der Waals surface area contributed by atoms with Crippen LogP contribution in [-0.2, 0) is 0 Å². The van der Waals surface area contributed by atoms with Crippen LogP contribution in [0.4, 0.5) is 5.69 Å². The van der Waals surface area contributed by atoms with E-state index in [1.54, 1.807) is 6.07 Å². The third-order valence-electron chi connectivity index (χ3n) is 3.01. The summed E-state index contributed by atoms with van der Waals surface area (Å²) in [7, 11) is 0. The Morgan fingerprint density at radius 1 is 1.41 bits per heavy atom. The van der Waals surface area contributed by atoms with Crippen LogP contribution in [0, 0.1) is 12.8 Å². The predicted molar refractivity (Wildman–Crippen MR) is 72.0 cm³/mol. The summed E-state index contributed by atoms with van der Waals surface area (Å²) in [4.78, 5) is 12.1. The van der Waals surface area contributed by atoms with E-state index in [1.165, 1.54) is 0 Å². The summed E-state index contributed by atoms with van der Waals surface area (Å²) in [5.41, 5.74) is 7.97. The van der Waals surface area contributed by atoms with Gasteiger partial charge in [-0.3, -0.25) is 4.79 Å². The van der Waals surface area contributed by atoms with Gasteiger partial charge in [-0.25, -0.2) is 0 Å². The second-order valence-electron chi connectivity index (χ2n) is 4.82. The highest BCUT2D eigenvalue weighted by Crippen LogP contribution is 2.15. The molecular formula is C14H22N2O. The molecular weight excluding hydrogens is 212 g/mol. The fourth-order valence-electron chi connectivity index (χ4n) is 1.85. The number of nitrogens with one attached hydrogen (secondary N) is 1. The molecule has 1 rings (SSSR count). The van der Waals surface area contributed by atoms with Gasteiger partial charge in [0.05, 0.1) is 5.56 Å². The van der Waals surface area contributed by atoms with Gasteiger partial charge in [-0.2, -0.15) is 0 Å². The van der Waals surface area contributed by atoms with Crippen LogP contribution in [0.15, 0.2) is 18.2 Å². The fraction of sp³-hybridized carbons (Fsp3) is 0.500. The highest BCUT2D eigenvalue weighted by Gasteiger charge is 2.16. The summed E-state index contributed by atoms with van der Waals surface area (Å²) in [6, 6.07) is 5.71. The van der Waals surface area contributed by atoms with E-state index in [4.69, 9.17) is 5.73 Å². The Hall–Kier alpha value is -1.51. The van der Waals surface area contributed by atoms with Crippen LogP contribution in [0.2, 0.25) is 0 Å². The molecule has 0 spiro atoms. The van der Waals surface area contributed by atoms with Gasteiger partial charge >= 0.3 is 0 Å². The van der Waals surface area contributed by atoms with Crippen molar-refractivity contribution in [3.05, 3.63) is 29.3 Å². The van der Waals surface area contributed by atoms with Crippen molar-refractivity contribution in [2.24, 2.45) is 5.92 Å². The molecule has 0 radical (unpaired) electrons. The summed E-state index contributed by atoms with van der Waals surface area (Å²) < 4.78 is 0. The van der Waals surface area contributed by atoms with Gasteiger partial charge < -0.3 is 11.1 Å². The lowest BCUT2D eigenvalue weighted by atomic mass is 10.0. The van der Waals surface area contributed by atoms with E-state index < -0.39 is 0 Å². The van der Waals surface area contributed by atoms with Crippen molar-refractivity contribution >= 4 is 11.6 Å². The highest BCUT2D eigenvalue weighted by atomic mass is 16.1. The van der Waals surface area contributed by atoms with E-state index in [1.807, 2.05) is 19.1 Å². The minimum Gasteiger partial charge on any atom is -0.398 e. The van der Waals surface area contributed by atoms with Crippen molar-refractivity contribution in [3.63, 3.8) is 0 Å². The number of nitrogens with two attached hydrogens (primary N) is 1. The van der Waals surface area contributed by atoms with Gasteiger partial charge in [0.25, 0.3) is 5.91 Å². The standard InChI is InChI=1S/C14H22N2O/c1-5-13(9(2)3)16-14(17)11-8-10(4)6-7-12(11)15/h6-9,13H,5,15H2,1-4H3,(H,16,17). The molecule has 0 fully saturated rings. The number of amides is 1. The van der Waals surface area contributed by atoms with Crippen LogP contribution < -0.4 is 11.1 Å². The molecule has 0 bridgehead atoms. The third kappa shape index (κ3) is 3.48. The number of rotatable bonds is 4. The van der Waals surface area contributed by atoms with Crippen LogP contribution >= 0.6 is 0 Å². The lowest BCUT2D eigenvalue weighted by Gasteiger charge is -2.21. The van der Waals surface area contributed by atoms with Crippen molar-refractivity contribution < 1.29 is 4.79 Å². The first-order chi connectivity index (χ1) is 7.95. The van der Waals surface area contributed by atoms with Crippen LogP contribution in [0.5, 0.6) is 0 Å².